The van der Waals surface area contributed by atoms with Crippen molar-refractivity contribution in [3.63, 3.8) is 0 Å². The maximum absolute atomic E-state index is 10.8. The van der Waals surface area contributed by atoms with Gasteiger partial charge in [-0.15, -0.1) is 0 Å². The molecule has 5 atom stereocenters. The first-order chi connectivity index (χ1) is 8.76. The predicted molar refractivity (Wildman–Crippen MR) is 59.2 cm³/mol. The second kappa shape index (κ2) is 8.15. The van der Waals surface area contributed by atoms with E-state index < -0.39 is 55.3 Å². The Morgan fingerprint density at radius 3 is 1.95 bits per heavy atom. The van der Waals surface area contributed by atoms with Crippen molar-refractivity contribution in [3.05, 3.63) is 0 Å². The predicted octanol–water partition coefficient (Wildman–Crippen LogP) is -3.52. The maximum Gasteiger partial charge on any atom is 0.372 e. The first-order valence-corrected chi connectivity index (χ1v) is 5.38. The highest BCUT2D eigenvalue weighted by Crippen LogP contribution is 2.13. The number of hydrogen-bond acceptors (Lipinski definition) is 8. The molecule has 0 spiro atoms. The summed E-state index contributed by atoms with van der Waals surface area (Å²) in [7, 11) is 1.09. The Kier molecular flexibility index (Phi) is 7.68. The van der Waals surface area contributed by atoms with Gasteiger partial charge < -0.3 is 35.4 Å². The second-order valence-corrected chi connectivity index (χ2v) is 3.93. The summed E-state index contributed by atoms with van der Waals surface area (Å²) in [5.74, 6) is -3.12. The Bertz CT molecular complexity index is 305. The van der Waals surface area contributed by atoms with Crippen molar-refractivity contribution >= 4 is 11.8 Å². The minimum atomic E-state index is -1.92. The van der Waals surface area contributed by atoms with E-state index in [4.69, 9.17) is 10.2 Å². The molecule has 0 aliphatic rings. The van der Waals surface area contributed by atoms with Crippen LogP contribution < -0.4 is 0 Å². The Labute approximate surface area is 108 Å². The number of aliphatic hydroxyl groups excluding tert-OH is 5. The Balaban J connectivity index is 4.64. The molecule has 9 heteroatoms. The second-order valence-electron chi connectivity index (χ2n) is 3.93. The van der Waals surface area contributed by atoms with Crippen LogP contribution in [0.2, 0.25) is 0 Å². The number of Topliss-reactive ketones (excluding diaryl/α,β-unsaturated/α-hetero) is 1. The topological polar surface area (TPSA) is 165 Å². The van der Waals surface area contributed by atoms with E-state index in [1.807, 2.05) is 0 Å². The highest BCUT2D eigenvalue weighted by molar-refractivity contribution is 6.32. The molecular weight excluding hydrogens is 264 g/mol. The van der Waals surface area contributed by atoms with E-state index >= 15 is 0 Å². The lowest BCUT2D eigenvalue weighted by atomic mass is 9.96. The van der Waals surface area contributed by atoms with Gasteiger partial charge >= 0.3 is 5.97 Å². The molecule has 6 N–H and O–H groups in total. The molecule has 0 aromatic heterocycles. The zero-order chi connectivity index (χ0) is 15.2. The van der Waals surface area contributed by atoms with Gasteiger partial charge in [-0.25, -0.2) is 4.79 Å². The van der Waals surface area contributed by atoms with Gasteiger partial charge in [0.25, 0.3) is 0 Å². The van der Waals surface area contributed by atoms with Gasteiger partial charge in [0.15, 0.2) is 0 Å². The molecule has 5 unspecified atom stereocenters. The van der Waals surface area contributed by atoms with Crippen LogP contribution in [-0.4, -0.2) is 86.6 Å². The van der Waals surface area contributed by atoms with Crippen molar-refractivity contribution in [2.24, 2.45) is 0 Å². The van der Waals surface area contributed by atoms with Gasteiger partial charge in [-0.2, -0.15) is 0 Å². The molecule has 0 aliphatic heterocycles. The molecule has 0 saturated carbocycles. The van der Waals surface area contributed by atoms with Crippen molar-refractivity contribution in [3.8, 4) is 0 Å². The maximum atomic E-state index is 10.8. The van der Waals surface area contributed by atoms with Crippen molar-refractivity contribution in [2.45, 2.75) is 36.9 Å². The number of ether oxygens (including phenoxy) is 1. The summed E-state index contributed by atoms with van der Waals surface area (Å²) in [6.45, 7) is -0.758. The van der Waals surface area contributed by atoms with Crippen LogP contribution in [-0.2, 0) is 14.3 Å². The normalized spacial score (nSPS) is 19.3. The van der Waals surface area contributed by atoms with Gasteiger partial charge in [0.1, 0.15) is 24.4 Å². The third kappa shape index (κ3) is 5.19. The number of rotatable bonds is 9. The number of carboxylic acid groups (broad SMARTS) is 1. The Morgan fingerprint density at radius 1 is 1.05 bits per heavy atom. The Morgan fingerprint density at radius 2 is 1.58 bits per heavy atom. The number of hydrogen-bond donors (Lipinski definition) is 6. The molecule has 112 valence electrons. The lowest BCUT2D eigenvalue weighted by Gasteiger charge is -2.30. The fraction of sp³-hybridized carbons (Fsp3) is 0.800. The van der Waals surface area contributed by atoms with Crippen LogP contribution in [0.25, 0.3) is 0 Å². The van der Waals surface area contributed by atoms with Crippen LogP contribution in [0.1, 0.15) is 6.42 Å². The van der Waals surface area contributed by atoms with Crippen LogP contribution in [0, 0.1) is 0 Å². The summed E-state index contributed by atoms with van der Waals surface area (Å²) >= 11 is 0. The van der Waals surface area contributed by atoms with Crippen molar-refractivity contribution < 1.29 is 45.0 Å². The minimum absolute atomic E-state index is 0.758. The molecule has 0 radical (unpaired) electrons. The number of carbonyl (C=O) groups is 2. The molecule has 0 aromatic carbocycles. The van der Waals surface area contributed by atoms with Crippen LogP contribution >= 0.6 is 0 Å². The minimum Gasteiger partial charge on any atom is -0.475 e. The van der Waals surface area contributed by atoms with E-state index in [2.05, 4.69) is 4.74 Å². The molecule has 0 amide bonds. The summed E-state index contributed by atoms with van der Waals surface area (Å²) in [4.78, 5) is 21.1. The van der Waals surface area contributed by atoms with Crippen LogP contribution in [0.5, 0.6) is 0 Å². The van der Waals surface area contributed by atoms with Crippen molar-refractivity contribution in [1.29, 1.82) is 0 Å². The molecule has 0 aliphatic carbocycles. The van der Waals surface area contributed by atoms with E-state index in [1.54, 1.807) is 0 Å². The van der Waals surface area contributed by atoms with Gasteiger partial charge in [0, 0.05) is 13.5 Å². The summed E-state index contributed by atoms with van der Waals surface area (Å²) in [5, 5.41) is 54.9. The number of aliphatic carboxylic acids is 1. The molecule has 9 nitrogen and oxygen atoms in total. The lowest BCUT2D eigenvalue weighted by molar-refractivity contribution is -0.159. The first-order valence-electron chi connectivity index (χ1n) is 5.38. The molecule has 0 heterocycles. The summed E-state index contributed by atoms with van der Waals surface area (Å²) in [6.07, 6.45) is -9.41. The summed E-state index contributed by atoms with van der Waals surface area (Å²) < 4.78 is 4.66. The van der Waals surface area contributed by atoms with E-state index in [1.165, 1.54) is 0 Å². The summed E-state index contributed by atoms with van der Waals surface area (Å²) in [5.41, 5.74) is 0. The first kappa shape index (κ1) is 17.9. The molecule has 0 aromatic rings. The van der Waals surface area contributed by atoms with Crippen LogP contribution in [0.15, 0.2) is 0 Å². The number of ketones is 1. The average molecular weight is 282 g/mol. The molecule has 0 bridgehead atoms. The fourth-order valence-corrected chi connectivity index (χ4v) is 1.45. The van der Waals surface area contributed by atoms with Gasteiger partial charge in [0.2, 0.25) is 5.78 Å². The largest absolute Gasteiger partial charge is 0.475 e. The number of methoxy groups -OCH3 is 1. The highest BCUT2D eigenvalue weighted by atomic mass is 16.5. The quantitative estimate of drug-likeness (QED) is 0.235. The molecule has 19 heavy (non-hydrogen) atoms. The number of carboxylic acids is 1. The molecular formula is C10H18O9. The van der Waals surface area contributed by atoms with Crippen LogP contribution in [0.3, 0.4) is 0 Å². The van der Waals surface area contributed by atoms with Crippen molar-refractivity contribution in [1.82, 2.24) is 0 Å². The number of aliphatic hydroxyl groups is 5. The van der Waals surface area contributed by atoms with E-state index in [9.17, 15) is 30.0 Å². The fourth-order valence-electron chi connectivity index (χ4n) is 1.45. The van der Waals surface area contributed by atoms with Gasteiger partial charge in [0.05, 0.1) is 12.7 Å². The van der Waals surface area contributed by atoms with Crippen molar-refractivity contribution in [2.75, 3.05) is 13.7 Å². The summed E-state index contributed by atoms with van der Waals surface area (Å²) in [6, 6.07) is 0. The average Bonchev–Trinajstić information content (AvgIpc) is 2.37. The van der Waals surface area contributed by atoms with E-state index in [-0.39, 0.29) is 0 Å². The van der Waals surface area contributed by atoms with E-state index in [0.717, 1.165) is 7.11 Å². The third-order valence-electron chi connectivity index (χ3n) is 2.55. The third-order valence-corrected chi connectivity index (χ3v) is 2.55. The molecule has 0 fully saturated rings. The lowest BCUT2D eigenvalue weighted by Crippen LogP contribution is -2.51. The zero-order valence-corrected chi connectivity index (χ0v) is 10.2. The standard InChI is InChI=1S/C10H18O9/c1-19-9(6(14)3-11)8(16)7(15)4(12)2-5(13)10(17)18/h4,6-9,11-12,14-16H,2-3H2,1H3,(H,17,18). The monoisotopic (exact) mass is 282 g/mol. The van der Waals surface area contributed by atoms with E-state index in [0.29, 0.717) is 0 Å². The Hall–Kier alpha value is -1.10. The van der Waals surface area contributed by atoms with Gasteiger partial charge in [-0.05, 0) is 0 Å². The van der Waals surface area contributed by atoms with Gasteiger partial charge in [-0.3, -0.25) is 4.79 Å². The number of carbonyl (C=O) groups excluding carboxylic acids is 1. The van der Waals surface area contributed by atoms with Gasteiger partial charge in [-0.1, -0.05) is 0 Å². The highest BCUT2D eigenvalue weighted by Gasteiger charge is 2.36. The SMILES string of the molecule is COC(C(O)CO)C(O)C(O)C(O)CC(=O)C(=O)O. The molecule has 0 saturated heterocycles. The smallest absolute Gasteiger partial charge is 0.372 e. The van der Waals surface area contributed by atoms with Crippen LogP contribution in [0.4, 0.5) is 0 Å². The zero-order valence-electron chi connectivity index (χ0n) is 10.2. The molecule has 0 rings (SSSR count).